The molecule has 0 saturated carbocycles. The third-order valence-corrected chi connectivity index (χ3v) is 2.28. The highest BCUT2D eigenvalue weighted by Crippen LogP contribution is 2.08. The van der Waals surface area contributed by atoms with Crippen LogP contribution in [0.5, 0.6) is 0 Å². The number of nitrogens with one attached hydrogen (secondary N) is 2. The molecule has 1 aromatic rings. The fourth-order valence-electron chi connectivity index (χ4n) is 1.23. The predicted molar refractivity (Wildman–Crippen MR) is 77.5 cm³/mol. The zero-order valence-corrected chi connectivity index (χ0v) is 11.2. The van der Waals surface area contributed by atoms with Crippen molar-refractivity contribution in [1.82, 2.24) is 5.43 Å². The maximum Gasteiger partial charge on any atom is 0.223 e. The van der Waals surface area contributed by atoms with E-state index in [0.29, 0.717) is 10.8 Å². The zero-order valence-electron chi connectivity index (χ0n) is 10.4. The fourth-order valence-corrected chi connectivity index (χ4v) is 1.40. The molecule has 0 spiro atoms. The van der Waals surface area contributed by atoms with Gasteiger partial charge in [0, 0.05) is 11.4 Å². The first-order valence-electron chi connectivity index (χ1n) is 5.42. The molecule has 0 aliphatic carbocycles. The van der Waals surface area contributed by atoms with Gasteiger partial charge in [-0.15, -0.1) is 0 Å². The van der Waals surface area contributed by atoms with Crippen molar-refractivity contribution in [1.29, 1.82) is 0 Å². The minimum Gasteiger partial charge on any atom is -0.369 e. The average molecular weight is 264 g/mol. The van der Waals surface area contributed by atoms with Crippen LogP contribution in [0.3, 0.4) is 0 Å². The lowest BCUT2D eigenvalue weighted by Crippen LogP contribution is -2.25. The maximum atomic E-state index is 10.6. The predicted octanol–water partition coefficient (Wildman–Crippen LogP) is 1.53. The van der Waals surface area contributed by atoms with E-state index in [1.807, 2.05) is 31.2 Å². The number of benzene rings is 1. The number of amides is 1. The summed E-state index contributed by atoms with van der Waals surface area (Å²) in [7, 11) is 0. The van der Waals surface area contributed by atoms with Gasteiger partial charge in [0.05, 0.1) is 6.42 Å². The number of hydrogen-bond acceptors (Lipinski definition) is 3. The van der Waals surface area contributed by atoms with Crippen LogP contribution < -0.4 is 16.5 Å². The molecule has 5 nitrogen and oxygen atoms in total. The molecule has 0 radical (unpaired) electrons. The van der Waals surface area contributed by atoms with E-state index in [-0.39, 0.29) is 6.42 Å². The smallest absolute Gasteiger partial charge is 0.223 e. The highest BCUT2D eigenvalue weighted by Gasteiger charge is 1.99. The molecule has 18 heavy (non-hydrogen) atoms. The summed E-state index contributed by atoms with van der Waals surface area (Å²) in [6.45, 7) is 3.71. The van der Waals surface area contributed by atoms with Crippen molar-refractivity contribution in [2.45, 2.75) is 20.3 Å². The summed E-state index contributed by atoms with van der Waals surface area (Å²) in [6.07, 6.45) is 0.111. The van der Waals surface area contributed by atoms with Crippen LogP contribution in [-0.2, 0) is 4.79 Å². The standard InChI is InChI=1S/C12H16N4OS/c1-8-3-5-10(6-4-8)14-12(18)16-15-9(2)7-11(13)17/h3-6H,7H2,1-2H3,(H2,13,17)(H2,14,16,18)/b15-9-. The van der Waals surface area contributed by atoms with Crippen molar-refractivity contribution in [3.63, 3.8) is 0 Å². The average Bonchev–Trinajstić information content (AvgIpc) is 2.29. The Morgan fingerprint density at radius 3 is 2.56 bits per heavy atom. The monoisotopic (exact) mass is 264 g/mol. The number of thiocarbonyl (C=S) groups is 1. The Balaban J connectivity index is 2.47. The third kappa shape index (κ3) is 5.40. The van der Waals surface area contributed by atoms with Gasteiger partial charge in [-0.2, -0.15) is 5.10 Å². The van der Waals surface area contributed by atoms with Crippen molar-refractivity contribution in [2.24, 2.45) is 10.8 Å². The molecular weight excluding hydrogens is 248 g/mol. The molecule has 6 heteroatoms. The van der Waals surface area contributed by atoms with Crippen LogP contribution in [0.1, 0.15) is 18.9 Å². The summed E-state index contributed by atoms with van der Waals surface area (Å²) < 4.78 is 0. The first-order valence-corrected chi connectivity index (χ1v) is 5.83. The number of hydrazone groups is 1. The largest absolute Gasteiger partial charge is 0.369 e. The van der Waals surface area contributed by atoms with Crippen molar-refractivity contribution in [3.05, 3.63) is 29.8 Å². The number of carbonyl (C=O) groups excluding carboxylic acids is 1. The van der Waals surface area contributed by atoms with Gasteiger partial charge in [0.15, 0.2) is 5.11 Å². The highest BCUT2D eigenvalue weighted by atomic mass is 32.1. The maximum absolute atomic E-state index is 10.6. The highest BCUT2D eigenvalue weighted by molar-refractivity contribution is 7.80. The Labute approximate surface area is 111 Å². The van der Waals surface area contributed by atoms with Gasteiger partial charge in [-0.1, -0.05) is 17.7 Å². The molecule has 0 aliphatic rings. The van der Waals surface area contributed by atoms with Crippen molar-refractivity contribution < 1.29 is 4.79 Å². The normalized spacial score (nSPS) is 10.9. The fraction of sp³-hybridized carbons (Fsp3) is 0.250. The van der Waals surface area contributed by atoms with Gasteiger partial charge in [0.25, 0.3) is 0 Å². The molecule has 0 fully saturated rings. The van der Waals surface area contributed by atoms with Gasteiger partial charge in [-0.25, -0.2) is 0 Å². The second-order valence-electron chi connectivity index (χ2n) is 3.92. The van der Waals surface area contributed by atoms with Crippen LogP contribution in [0.2, 0.25) is 0 Å². The van der Waals surface area contributed by atoms with Crippen LogP contribution in [0.25, 0.3) is 0 Å². The molecule has 0 atom stereocenters. The molecular formula is C12H16N4OS. The summed E-state index contributed by atoms with van der Waals surface area (Å²) >= 11 is 5.06. The van der Waals surface area contributed by atoms with Gasteiger partial charge in [0.1, 0.15) is 0 Å². The third-order valence-electron chi connectivity index (χ3n) is 2.09. The summed E-state index contributed by atoms with van der Waals surface area (Å²) in [5.41, 5.74) is 10.3. The van der Waals surface area contributed by atoms with Gasteiger partial charge in [-0.3, -0.25) is 10.2 Å². The number of anilines is 1. The molecule has 0 bridgehead atoms. The van der Waals surface area contributed by atoms with E-state index >= 15 is 0 Å². The zero-order chi connectivity index (χ0) is 13.5. The Bertz CT molecular complexity index is 467. The lowest BCUT2D eigenvalue weighted by Gasteiger charge is -2.07. The van der Waals surface area contributed by atoms with Crippen LogP contribution in [0.15, 0.2) is 29.4 Å². The molecule has 0 unspecified atom stereocenters. The lowest BCUT2D eigenvalue weighted by atomic mass is 10.2. The van der Waals surface area contributed by atoms with Gasteiger partial charge >= 0.3 is 0 Å². The van der Waals surface area contributed by atoms with Gasteiger partial charge < -0.3 is 11.1 Å². The Morgan fingerprint density at radius 2 is 2.00 bits per heavy atom. The second kappa shape index (κ2) is 6.70. The van der Waals surface area contributed by atoms with E-state index in [1.54, 1.807) is 6.92 Å². The summed E-state index contributed by atoms with van der Waals surface area (Å²) in [5, 5.41) is 7.28. The van der Waals surface area contributed by atoms with Crippen LogP contribution in [0.4, 0.5) is 5.69 Å². The Kier molecular flexibility index (Phi) is 5.26. The van der Waals surface area contributed by atoms with Crippen molar-refractivity contribution >= 4 is 34.6 Å². The van der Waals surface area contributed by atoms with E-state index in [1.165, 1.54) is 5.56 Å². The molecule has 0 saturated heterocycles. The quantitative estimate of drug-likeness (QED) is 0.438. The van der Waals surface area contributed by atoms with Crippen molar-refractivity contribution in [3.8, 4) is 0 Å². The van der Waals surface area contributed by atoms with E-state index in [9.17, 15) is 4.79 Å². The lowest BCUT2D eigenvalue weighted by molar-refractivity contribution is -0.116. The SMILES string of the molecule is C/C(CC(N)=O)=N/NC(=S)Nc1ccc(C)cc1. The van der Waals surface area contributed by atoms with Crippen LogP contribution >= 0.6 is 12.2 Å². The summed E-state index contributed by atoms with van der Waals surface area (Å²) in [6, 6.07) is 7.80. The first kappa shape index (κ1) is 14.1. The van der Waals surface area contributed by atoms with E-state index in [4.69, 9.17) is 18.0 Å². The number of nitrogens with zero attached hydrogens (tertiary/aromatic N) is 1. The minimum atomic E-state index is -0.421. The Morgan fingerprint density at radius 1 is 1.39 bits per heavy atom. The number of primary amides is 1. The molecule has 0 heterocycles. The topological polar surface area (TPSA) is 79.5 Å². The van der Waals surface area contributed by atoms with Gasteiger partial charge in [0.2, 0.25) is 5.91 Å². The number of aryl methyl sites for hydroxylation is 1. The molecule has 4 N–H and O–H groups in total. The Hall–Kier alpha value is -1.95. The van der Waals surface area contributed by atoms with Crippen molar-refractivity contribution in [2.75, 3.05) is 5.32 Å². The number of carbonyl (C=O) groups is 1. The number of nitrogens with two attached hydrogens (primary N) is 1. The van der Waals surface area contributed by atoms with E-state index < -0.39 is 5.91 Å². The second-order valence-corrected chi connectivity index (χ2v) is 4.33. The van der Waals surface area contributed by atoms with Crippen LogP contribution in [-0.4, -0.2) is 16.7 Å². The molecule has 0 aromatic heterocycles. The minimum absolute atomic E-state index is 0.111. The molecule has 1 rings (SSSR count). The summed E-state index contributed by atoms with van der Waals surface area (Å²) in [5.74, 6) is -0.421. The molecule has 96 valence electrons. The molecule has 0 aliphatic heterocycles. The number of hydrogen-bond donors (Lipinski definition) is 3. The molecule has 1 amide bonds. The first-order chi connectivity index (χ1) is 8.47. The van der Waals surface area contributed by atoms with E-state index in [2.05, 4.69) is 15.8 Å². The van der Waals surface area contributed by atoms with Gasteiger partial charge in [-0.05, 0) is 38.2 Å². The molecule has 1 aromatic carbocycles. The number of rotatable bonds is 4. The van der Waals surface area contributed by atoms with E-state index in [0.717, 1.165) is 5.69 Å². The summed E-state index contributed by atoms with van der Waals surface area (Å²) in [4.78, 5) is 10.6. The van der Waals surface area contributed by atoms with Crippen LogP contribution in [0, 0.1) is 6.92 Å².